The Morgan fingerprint density at radius 1 is 1.19 bits per heavy atom. The molecule has 0 amide bonds. The van der Waals surface area contributed by atoms with Crippen LogP contribution in [0.15, 0.2) is 0 Å². The van der Waals surface area contributed by atoms with E-state index in [1.165, 1.54) is 22.9 Å². The van der Waals surface area contributed by atoms with Crippen LogP contribution in [0, 0.1) is 0 Å². The van der Waals surface area contributed by atoms with E-state index in [0.717, 1.165) is 25.9 Å². The normalized spacial score (nSPS) is 11.2. The van der Waals surface area contributed by atoms with Gasteiger partial charge in [-0.3, -0.25) is 0 Å². The van der Waals surface area contributed by atoms with E-state index in [-0.39, 0.29) is 0 Å². The number of aryl methyl sites for hydroxylation is 1. The molecule has 16 heavy (non-hydrogen) atoms. The van der Waals surface area contributed by atoms with Crippen molar-refractivity contribution in [2.75, 3.05) is 13.1 Å². The van der Waals surface area contributed by atoms with Gasteiger partial charge in [-0.25, -0.2) is 0 Å². The van der Waals surface area contributed by atoms with Crippen LogP contribution in [0.3, 0.4) is 0 Å². The topological polar surface area (TPSA) is 37.8 Å². The lowest BCUT2D eigenvalue weighted by Crippen LogP contribution is -2.14. The maximum atomic E-state index is 4.31. The fourth-order valence-electron chi connectivity index (χ4n) is 1.71. The lowest BCUT2D eigenvalue weighted by atomic mass is 10.1. The molecule has 0 fully saturated rings. The van der Waals surface area contributed by atoms with Gasteiger partial charge in [0.1, 0.15) is 10.0 Å². The summed E-state index contributed by atoms with van der Waals surface area (Å²) in [7, 11) is 0. The van der Waals surface area contributed by atoms with Crippen LogP contribution in [0.25, 0.3) is 0 Å². The molecule has 3 nitrogen and oxygen atoms in total. The molecule has 0 aliphatic heterocycles. The van der Waals surface area contributed by atoms with Crippen molar-refractivity contribution >= 4 is 11.3 Å². The number of rotatable bonds is 8. The van der Waals surface area contributed by atoms with Crippen molar-refractivity contribution in [1.82, 2.24) is 15.5 Å². The molecule has 0 saturated carbocycles. The average Bonchev–Trinajstić information content (AvgIpc) is 2.75. The highest BCUT2D eigenvalue weighted by molar-refractivity contribution is 7.11. The summed E-state index contributed by atoms with van der Waals surface area (Å²) < 4.78 is 0. The summed E-state index contributed by atoms with van der Waals surface area (Å²) in [4.78, 5) is 0. The Morgan fingerprint density at radius 2 is 1.94 bits per heavy atom. The Kier molecular flexibility index (Phi) is 6.57. The first-order valence-corrected chi connectivity index (χ1v) is 7.16. The molecule has 0 saturated heterocycles. The predicted molar refractivity (Wildman–Crippen MR) is 70.1 cm³/mol. The standard InChI is InChI=1S/C12H23N3S/c1-4-10(5-2)12-15-14-11(16-12)8-7-9-13-6-3/h10,13H,4-9H2,1-3H3. The van der Waals surface area contributed by atoms with Crippen molar-refractivity contribution in [2.24, 2.45) is 0 Å². The number of aromatic nitrogens is 2. The SMILES string of the molecule is CCNCCCc1nnc(C(CC)CC)s1. The van der Waals surface area contributed by atoms with Gasteiger partial charge < -0.3 is 5.32 Å². The molecule has 1 rings (SSSR count). The minimum absolute atomic E-state index is 0.611. The predicted octanol–water partition coefficient (Wildman–Crippen LogP) is 2.98. The van der Waals surface area contributed by atoms with Gasteiger partial charge in [-0.2, -0.15) is 0 Å². The van der Waals surface area contributed by atoms with Crippen molar-refractivity contribution < 1.29 is 0 Å². The molecule has 0 aromatic carbocycles. The fourth-order valence-corrected chi connectivity index (χ4v) is 2.86. The molecule has 1 heterocycles. The van der Waals surface area contributed by atoms with Crippen LogP contribution in [-0.4, -0.2) is 23.3 Å². The monoisotopic (exact) mass is 241 g/mol. The highest BCUT2D eigenvalue weighted by Gasteiger charge is 2.12. The highest BCUT2D eigenvalue weighted by Crippen LogP contribution is 2.26. The Morgan fingerprint density at radius 3 is 2.56 bits per heavy atom. The molecule has 0 radical (unpaired) electrons. The van der Waals surface area contributed by atoms with E-state index in [4.69, 9.17) is 0 Å². The molecule has 0 unspecified atom stereocenters. The fraction of sp³-hybridized carbons (Fsp3) is 0.833. The second kappa shape index (κ2) is 7.74. The van der Waals surface area contributed by atoms with Crippen LogP contribution in [0.2, 0.25) is 0 Å². The first kappa shape index (κ1) is 13.6. The summed E-state index contributed by atoms with van der Waals surface area (Å²) in [5.74, 6) is 0.611. The van der Waals surface area contributed by atoms with Crippen molar-refractivity contribution in [3.05, 3.63) is 10.0 Å². The van der Waals surface area contributed by atoms with E-state index >= 15 is 0 Å². The summed E-state index contributed by atoms with van der Waals surface area (Å²) in [6.45, 7) is 8.71. The second-order valence-electron chi connectivity index (χ2n) is 4.00. The van der Waals surface area contributed by atoms with Gasteiger partial charge in [0.25, 0.3) is 0 Å². The van der Waals surface area contributed by atoms with Gasteiger partial charge in [-0.1, -0.05) is 20.8 Å². The second-order valence-corrected chi connectivity index (χ2v) is 5.10. The van der Waals surface area contributed by atoms with Gasteiger partial charge >= 0.3 is 0 Å². The van der Waals surface area contributed by atoms with E-state index in [9.17, 15) is 0 Å². The minimum Gasteiger partial charge on any atom is -0.317 e. The van der Waals surface area contributed by atoms with Crippen LogP contribution < -0.4 is 5.32 Å². The molecular formula is C12H23N3S. The zero-order valence-electron chi connectivity index (χ0n) is 10.6. The van der Waals surface area contributed by atoms with Crippen LogP contribution in [0.4, 0.5) is 0 Å². The third-order valence-electron chi connectivity index (χ3n) is 2.81. The van der Waals surface area contributed by atoms with Gasteiger partial charge in [-0.15, -0.1) is 21.5 Å². The van der Waals surface area contributed by atoms with Gasteiger partial charge in [0, 0.05) is 12.3 Å². The van der Waals surface area contributed by atoms with Crippen LogP contribution in [0.1, 0.15) is 56.0 Å². The third kappa shape index (κ3) is 4.18. The quantitative estimate of drug-likeness (QED) is 0.711. The smallest absolute Gasteiger partial charge is 0.120 e. The molecule has 92 valence electrons. The molecule has 0 bridgehead atoms. The van der Waals surface area contributed by atoms with Gasteiger partial charge in [0.15, 0.2) is 0 Å². The van der Waals surface area contributed by atoms with E-state index in [1.54, 1.807) is 11.3 Å². The molecule has 0 spiro atoms. The number of hydrogen-bond acceptors (Lipinski definition) is 4. The maximum absolute atomic E-state index is 4.31. The summed E-state index contributed by atoms with van der Waals surface area (Å²) in [5, 5.41) is 14.3. The zero-order chi connectivity index (χ0) is 11.8. The zero-order valence-corrected chi connectivity index (χ0v) is 11.4. The Balaban J connectivity index is 2.38. The molecule has 4 heteroatoms. The highest BCUT2D eigenvalue weighted by atomic mass is 32.1. The lowest BCUT2D eigenvalue weighted by Gasteiger charge is -2.05. The molecule has 1 N–H and O–H groups in total. The number of hydrogen-bond donors (Lipinski definition) is 1. The van der Waals surface area contributed by atoms with E-state index in [1.807, 2.05) is 0 Å². The van der Waals surface area contributed by atoms with Crippen LogP contribution in [-0.2, 0) is 6.42 Å². The van der Waals surface area contributed by atoms with Crippen LogP contribution >= 0.6 is 11.3 Å². The summed E-state index contributed by atoms with van der Waals surface area (Å²) in [5.41, 5.74) is 0. The first-order chi connectivity index (χ1) is 7.81. The van der Waals surface area contributed by atoms with Gasteiger partial charge in [0.2, 0.25) is 0 Å². The third-order valence-corrected chi connectivity index (χ3v) is 3.96. The Labute approximate surface area is 103 Å². The largest absolute Gasteiger partial charge is 0.317 e. The minimum atomic E-state index is 0.611. The van der Waals surface area contributed by atoms with Crippen molar-refractivity contribution in [1.29, 1.82) is 0 Å². The summed E-state index contributed by atoms with van der Waals surface area (Å²) in [6, 6.07) is 0. The Hall–Kier alpha value is -0.480. The molecule has 0 aliphatic carbocycles. The van der Waals surface area contributed by atoms with Crippen molar-refractivity contribution in [2.45, 2.75) is 52.4 Å². The molecule has 0 atom stereocenters. The van der Waals surface area contributed by atoms with Crippen molar-refractivity contribution in [3.63, 3.8) is 0 Å². The first-order valence-electron chi connectivity index (χ1n) is 6.34. The molecule has 0 aliphatic rings. The molecule has 1 aromatic rings. The molecule has 1 aromatic heterocycles. The number of nitrogens with one attached hydrogen (secondary N) is 1. The van der Waals surface area contributed by atoms with E-state index in [2.05, 4.69) is 36.3 Å². The number of nitrogens with zero attached hydrogens (tertiary/aromatic N) is 2. The Bertz CT molecular complexity index is 282. The van der Waals surface area contributed by atoms with Gasteiger partial charge in [0.05, 0.1) is 0 Å². The van der Waals surface area contributed by atoms with Crippen LogP contribution in [0.5, 0.6) is 0 Å². The van der Waals surface area contributed by atoms with E-state index in [0.29, 0.717) is 5.92 Å². The lowest BCUT2D eigenvalue weighted by molar-refractivity contribution is 0.628. The average molecular weight is 241 g/mol. The molecular weight excluding hydrogens is 218 g/mol. The van der Waals surface area contributed by atoms with Gasteiger partial charge in [-0.05, 0) is 32.4 Å². The van der Waals surface area contributed by atoms with Crippen molar-refractivity contribution in [3.8, 4) is 0 Å². The summed E-state index contributed by atoms with van der Waals surface area (Å²) in [6.07, 6.45) is 4.56. The maximum Gasteiger partial charge on any atom is 0.120 e. The van der Waals surface area contributed by atoms with E-state index < -0.39 is 0 Å². The summed E-state index contributed by atoms with van der Waals surface area (Å²) >= 11 is 1.80.